The van der Waals surface area contributed by atoms with Gasteiger partial charge in [0.1, 0.15) is 0 Å². The summed E-state index contributed by atoms with van der Waals surface area (Å²) in [6, 6.07) is 1.30. The van der Waals surface area contributed by atoms with Crippen LogP contribution in [0.1, 0.15) is 12.8 Å². The molecule has 96 valence electrons. The summed E-state index contributed by atoms with van der Waals surface area (Å²) in [6.45, 7) is 0.788. The van der Waals surface area contributed by atoms with Gasteiger partial charge in [-0.3, -0.25) is 10.1 Å². The zero-order chi connectivity index (χ0) is 13.0. The second-order valence-corrected chi connectivity index (χ2v) is 4.13. The maximum atomic E-state index is 11.9. The summed E-state index contributed by atoms with van der Waals surface area (Å²) in [5, 5.41) is 11.5. The van der Waals surface area contributed by atoms with Gasteiger partial charge in [0.2, 0.25) is 5.95 Å². The van der Waals surface area contributed by atoms with Crippen LogP contribution < -0.4 is 5.32 Å². The lowest BCUT2D eigenvalue weighted by Gasteiger charge is -2.30. The SMILES string of the molecule is O=C(O)[C@@H]1CCCN(C(=O)Nc2ncccn2)C1. The Labute approximate surface area is 104 Å². The van der Waals surface area contributed by atoms with E-state index < -0.39 is 11.9 Å². The van der Waals surface area contributed by atoms with Crippen molar-refractivity contribution in [3.05, 3.63) is 18.5 Å². The van der Waals surface area contributed by atoms with Crippen molar-refractivity contribution in [3.63, 3.8) is 0 Å². The summed E-state index contributed by atoms with van der Waals surface area (Å²) in [5.41, 5.74) is 0. The van der Waals surface area contributed by atoms with Gasteiger partial charge < -0.3 is 10.0 Å². The fourth-order valence-corrected chi connectivity index (χ4v) is 1.90. The Balaban J connectivity index is 1.95. The Bertz CT molecular complexity index is 437. The Morgan fingerprint density at radius 2 is 2.11 bits per heavy atom. The number of aromatic nitrogens is 2. The minimum Gasteiger partial charge on any atom is -0.481 e. The van der Waals surface area contributed by atoms with E-state index in [4.69, 9.17) is 5.11 Å². The number of nitrogens with zero attached hydrogens (tertiary/aromatic N) is 3. The number of likely N-dealkylation sites (tertiary alicyclic amines) is 1. The standard InChI is InChI=1S/C11H14N4O3/c16-9(17)8-3-1-6-15(7-8)11(18)14-10-12-4-2-5-13-10/h2,4-5,8H,1,3,6-7H2,(H,16,17)(H,12,13,14,18)/t8-/m1/s1. The molecule has 2 amide bonds. The molecule has 1 aliphatic heterocycles. The fourth-order valence-electron chi connectivity index (χ4n) is 1.90. The normalized spacial score (nSPS) is 19.3. The van der Waals surface area contributed by atoms with E-state index >= 15 is 0 Å². The van der Waals surface area contributed by atoms with Crippen LogP contribution in [0.5, 0.6) is 0 Å². The van der Waals surface area contributed by atoms with Crippen LogP contribution in [-0.2, 0) is 4.79 Å². The quantitative estimate of drug-likeness (QED) is 0.809. The maximum absolute atomic E-state index is 11.9. The predicted molar refractivity (Wildman–Crippen MR) is 63.0 cm³/mol. The first-order chi connectivity index (χ1) is 8.66. The average Bonchev–Trinajstić information content (AvgIpc) is 2.40. The highest BCUT2D eigenvalue weighted by Crippen LogP contribution is 2.17. The Morgan fingerprint density at radius 1 is 1.39 bits per heavy atom. The third-order valence-corrected chi connectivity index (χ3v) is 2.84. The van der Waals surface area contributed by atoms with Crippen molar-refractivity contribution in [1.82, 2.24) is 14.9 Å². The molecule has 1 atom stereocenters. The van der Waals surface area contributed by atoms with E-state index in [1.165, 1.54) is 17.3 Å². The van der Waals surface area contributed by atoms with E-state index in [2.05, 4.69) is 15.3 Å². The first-order valence-corrected chi connectivity index (χ1v) is 5.72. The molecular weight excluding hydrogens is 236 g/mol. The van der Waals surface area contributed by atoms with Gasteiger partial charge >= 0.3 is 12.0 Å². The van der Waals surface area contributed by atoms with Crippen molar-refractivity contribution in [1.29, 1.82) is 0 Å². The molecule has 1 aromatic rings. The number of urea groups is 1. The number of nitrogens with one attached hydrogen (secondary N) is 1. The highest BCUT2D eigenvalue weighted by Gasteiger charge is 2.28. The molecule has 7 nitrogen and oxygen atoms in total. The minimum atomic E-state index is -0.858. The van der Waals surface area contributed by atoms with E-state index in [-0.39, 0.29) is 18.5 Å². The van der Waals surface area contributed by atoms with Gasteiger partial charge in [-0.15, -0.1) is 0 Å². The summed E-state index contributed by atoms with van der Waals surface area (Å²) >= 11 is 0. The molecule has 0 aliphatic carbocycles. The lowest BCUT2D eigenvalue weighted by Crippen LogP contribution is -2.44. The van der Waals surface area contributed by atoms with Crippen molar-refractivity contribution in [2.45, 2.75) is 12.8 Å². The van der Waals surface area contributed by atoms with Crippen LogP contribution in [-0.4, -0.2) is 45.1 Å². The largest absolute Gasteiger partial charge is 0.481 e. The number of carbonyl (C=O) groups excluding carboxylic acids is 1. The van der Waals surface area contributed by atoms with Gasteiger partial charge in [-0.05, 0) is 18.9 Å². The summed E-state index contributed by atoms with van der Waals surface area (Å²) in [5.74, 6) is -1.12. The molecule has 1 saturated heterocycles. The van der Waals surface area contributed by atoms with Gasteiger partial charge in [-0.25, -0.2) is 14.8 Å². The summed E-state index contributed by atoms with van der Waals surface area (Å²) in [6.07, 6.45) is 4.36. The van der Waals surface area contributed by atoms with E-state index in [0.29, 0.717) is 19.4 Å². The number of carbonyl (C=O) groups is 2. The molecule has 0 spiro atoms. The molecule has 18 heavy (non-hydrogen) atoms. The Morgan fingerprint density at radius 3 is 2.78 bits per heavy atom. The molecule has 2 rings (SSSR count). The van der Waals surface area contributed by atoms with Crippen molar-refractivity contribution in [2.24, 2.45) is 5.92 Å². The van der Waals surface area contributed by atoms with Crippen LogP contribution >= 0.6 is 0 Å². The molecule has 7 heteroatoms. The monoisotopic (exact) mass is 250 g/mol. The molecule has 0 bridgehead atoms. The number of carboxylic acid groups (broad SMARTS) is 1. The van der Waals surface area contributed by atoms with Crippen LogP contribution in [0.2, 0.25) is 0 Å². The molecular formula is C11H14N4O3. The summed E-state index contributed by atoms with van der Waals surface area (Å²) in [4.78, 5) is 32.0. The molecule has 1 aliphatic rings. The van der Waals surface area contributed by atoms with Gasteiger partial charge in [0, 0.05) is 25.5 Å². The number of hydrogen-bond acceptors (Lipinski definition) is 4. The molecule has 1 aromatic heterocycles. The van der Waals surface area contributed by atoms with Crippen LogP contribution in [0.25, 0.3) is 0 Å². The number of rotatable bonds is 2. The molecule has 1 fully saturated rings. The molecule has 0 aromatic carbocycles. The van der Waals surface area contributed by atoms with E-state index in [1.54, 1.807) is 6.07 Å². The van der Waals surface area contributed by atoms with Gasteiger partial charge in [0.15, 0.2) is 0 Å². The summed E-state index contributed by atoms with van der Waals surface area (Å²) < 4.78 is 0. The second kappa shape index (κ2) is 5.44. The van der Waals surface area contributed by atoms with E-state index in [0.717, 1.165) is 0 Å². The smallest absolute Gasteiger partial charge is 0.324 e. The number of aliphatic carboxylic acids is 1. The van der Waals surface area contributed by atoms with Crippen molar-refractivity contribution in [3.8, 4) is 0 Å². The average molecular weight is 250 g/mol. The fraction of sp³-hybridized carbons (Fsp3) is 0.455. The van der Waals surface area contributed by atoms with Crippen LogP contribution in [0.4, 0.5) is 10.7 Å². The molecule has 0 unspecified atom stereocenters. The zero-order valence-electron chi connectivity index (χ0n) is 9.74. The van der Waals surface area contributed by atoms with Crippen LogP contribution in [0, 0.1) is 5.92 Å². The van der Waals surface area contributed by atoms with Crippen molar-refractivity contribution in [2.75, 3.05) is 18.4 Å². The van der Waals surface area contributed by atoms with Gasteiger partial charge in [0.25, 0.3) is 0 Å². The number of amides is 2. The molecule has 0 radical (unpaired) electrons. The Hall–Kier alpha value is -2.18. The maximum Gasteiger partial charge on any atom is 0.324 e. The highest BCUT2D eigenvalue weighted by atomic mass is 16.4. The topological polar surface area (TPSA) is 95.4 Å². The number of anilines is 1. The second-order valence-electron chi connectivity index (χ2n) is 4.13. The minimum absolute atomic E-state index is 0.222. The predicted octanol–water partition coefficient (Wildman–Crippen LogP) is 0.805. The molecule has 2 N–H and O–H groups in total. The third-order valence-electron chi connectivity index (χ3n) is 2.84. The Kier molecular flexibility index (Phi) is 3.71. The molecule has 2 heterocycles. The van der Waals surface area contributed by atoms with E-state index in [1.807, 2.05) is 0 Å². The zero-order valence-corrected chi connectivity index (χ0v) is 9.74. The first kappa shape index (κ1) is 12.3. The van der Waals surface area contributed by atoms with Gasteiger partial charge in [-0.2, -0.15) is 0 Å². The number of hydrogen-bond donors (Lipinski definition) is 2. The van der Waals surface area contributed by atoms with Crippen LogP contribution in [0.15, 0.2) is 18.5 Å². The number of carboxylic acids is 1. The summed E-state index contributed by atoms with van der Waals surface area (Å²) in [7, 11) is 0. The molecule has 0 saturated carbocycles. The first-order valence-electron chi connectivity index (χ1n) is 5.72. The number of piperidine rings is 1. The third kappa shape index (κ3) is 2.93. The van der Waals surface area contributed by atoms with Crippen molar-refractivity contribution < 1.29 is 14.7 Å². The lowest BCUT2D eigenvalue weighted by atomic mass is 9.99. The van der Waals surface area contributed by atoms with Gasteiger partial charge in [0.05, 0.1) is 5.92 Å². The highest BCUT2D eigenvalue weighted by molar-refractivity contribution is 5.87. The lowest BCUT2D eigenvalue weighted by molar-refractivity contribution is -0.143. The van der Waals surface area contributed by atoms with E-state index in [9.17, 15) is 9.59 Å². The van der Waals surface area contributed by atoms with Crippen LogP contribution in [0.3, 0.4) is 0 Å². The van der Waals surface area contributed by atoms with Crippen molar-refractivity contribution >= 4 is 17.9 Å². The van der Waals surface area contributed by atoms with Gasteiger partial charge in [-0.1, -0.05) is 0 Å².